The molecule has 0 aromatic rings. The van der Waals surface area contributed by atoms with Crippen LogP contribution in [0.4, 0.5) is 4.70 Å². The van der Waals surface area contributed by atoms with Gasteiger partial charge in [-0.05, 0) is 7.05 Å². The van der Waals surface area contributed by atoms with Crippen LogP contribution < -0.4 is 0 Å². The van der Waals surface area contributed by atoms with Gasteiger partial charge in [-0.2, -0.15) is 0 Å². The summed E-state index contributed by atoms with van der Waals surface area (Å²) < 4.78 is 5.10. The van der Waals surface area contributed by atoms with Crippen LogP contribution in [0.5, 0.6) is 0 Å². The smallest absolute Gasteiger partial charge is 0.0594 e. The van der Waals surface area contributed by atoms with Gasteiger partial charge in [0.25, 0.3) is 0 Å². The Morgan fingerprint density at radius 3 is 1.80 bits per heavy atom. The fraction of sp³-hybridized carbons (Fsp3) is 0.714. The van der Waals surface area contributed by atoms with Gasteiger partial charge in [-0.15, -0.1) is 12.8 Å². The first-order valence-corrected chi connectivity index (χ1v) is 2.99. The topological polar surface area (TPSA) is 12.5 Å². The fourth-order valence-corrected chi connectivity index (χ4v) is 0.655. The Labute approximate surface area is 61.5 Å². The summed E-state index contributed by atoms with van der Waals surface area (Å²) >= 11 is 0. The van der Waals surface area contributed by atoms with E-state index in [4.69, 9.17) is 4.74 Å². The van der Waals surface area contributed by atoms with E-state index in [-0.39, 0.29) is 4.70 Å². The number of rotatable bonds is 0. The van der Waals surface area contributed by atoms with Gasteiger partial charge >= 0.3 is 0 Å². The molecule has 10 heavy (non-hydrogen) atoms. The maximum absolute atomic E-state index is 5.10. The van der Waals surface area contributed by atoms with Crippen molar-refractivity contribution in [3.05, 3.63) is 0 Å². The Hall–Kier alpha value is -0.590. The minimum atomic E-state index is 0. The molecular formula is C7H14FNO. The summed E-state index contributed by atoms with van der Waals surface area (Å²) in [5.74, 6) is 0. The largest absolute Gasteiger partial charge is 0.379 e. The quantitative estimate of drug-likeness (QED) is 0.458. The van der Waals surface area contributed by atoms with Gasteiger partial charge in [-0.25, -0.2) is 0 Å². The second kappa shape index (κ2) is 8.41. The first-order valence-electron chi connectivity index (χ1n) is 2.99. The zero-order valence-corrected chi connectivity index (χ0v) is 6.25. The maximum atomic E-state index is 5.10. The van der Waals surface area contributed by atoms with E-state index >= 15 is 0 Å². The highest BCUT2D eigenvalue weighted by Crippen LogP contribution is 1.89. The van der Waals surface area contributed by atoms with E-state index in [9.17, 15) is 0 Å². The van der Waals surface area contributed by atoms with E-state index in [2.05, 4.69) is 24.8 Å². The molecule has 60 valence electrons. The average molecular weight is 147 g/mol. The Balaban J connectivity index is 0. The van der Waals surface area contributed by atoms with Crippen molar-refractivity contribution >= 4 is 0 Å². The highest BCUT2D eigenvalue weighted by Gasteiger charge is 2.02. The van der Waals surface area contributed by atoms with Gasteiger partial charge in [0.2, 0.25) is 0 Å². The summed E-state index contributed by atoms with van der Waals surface area (Å²) in [6.45, 7) is 4.02. The van der Waals surface area contributed by atoms with Gasteiger partial charge in [0.1, 0.15) is 0 Å². The van der Waals surface area contributed by atoms with Gasteiger partial charge in [0.05, 0.1) is 13.2 Å². The number of ether oxygens (including phenoxy) is 1. The van der Waals surface area contributed by atoms with E-state index in [1.807, 2.05) is 0 Å². The van der Waals surface area contributed by atoms with E-state index in [0.717, 1.165) is 26.3 Å². The average Bonchev–Trinajstić information content (AvgIpc) is 1.94. The van der Waals surface area contributed by atoms with Crippen LogP contribution in [0.2, 0.25) is 0 Å². The molecule has 0 aromatic heterocycles. The molecule has 0 amide bonds. The number of terminal acetylenes is 1. The van der Waals surface area contributed by atoms with Crippen molar-refractivity contribution in [2.75, 3.05) is 33.4 Å². The molecule has 1 aliphatic rings. The molecule has 0 aliphatic carbocycles. The second-order valence-electron chi connectivity index (χ2n) is 1.92. The molecule has 0 unspecified atom stereocenters. The summed E-state index contributed by atoms with van der Waals surface area (Å²) in [7, 11) is 2.11. The Kier molecular flexibility index (Phi) is 10.2. The molecule has 0 N–H and O–H groups in total. The van der Waals surface area contributed by atoms with Crippen LogP contribution in [-0.2, 0) is 4.74 Å². The van der Waals surface area contributed by atoms with Crippen LogP contribution in [0, 0.1) is 12.8 Å². The zero-order chi connectivity index (χ0) is 7.11. The van der Waals surface area contributed by atoms with E-state index in [1.54, 1.807) is 0 Å². The molecule has 3 heteroatoms. The highest BCUT2D eigenvalue weighted by molar-refractivity contribution is 4.53. The molecule has 0 aromatic carbocycles. The van der Waals surface area contributed by atoms with Crippen molar-refractivity contribution in [1.82, 2.24) is 4.90 Å². The molecule has 0 atom stereocenters. The van der Waals surface area contributed by atoms with Crippen molar-refractivity contribution in [1.29, 1.82) is 0 Å². The highest BCUT2D eigenvalue weighted by atomic mass is 19.0. The number of likely N-dealkylation sites (N-methyl/N-ethyl adjacent to an activating group) is 1. The van der Waals surface area contributed by atoms with Crippen LogP contribution in [-0.4, -0.2) is 38.3 Å². The third kappa shape index (κ3) is 5.54. The summed E-state index contributed by atoms with van der Waals surface area (Å²) in [5, 5.41) is 0. The first kappa shape index (κ1) is 12.1. The minimum Gasteiger partial charge on any atom is -0.379 e. The molecular weight excluding hydrogens is 133 g/mol. The molecule has 1 fully saturated rings. The van der Waals surface area contributed by atoms with Gasteiger partial charge in [-0.1, -0.05) is 0 Å². The Morgan fingerprint density at radius 1 is 1.20 bits per heavy atom. The van der Waals surface area contributed by atoms with E-state index < -0.39 is 0 Å². The zero-order valence-electron chi connectivity index (χ0n) is 6.25. The van der Waals surface area contributed by atoms with Crippen LogP contribution >= 0.6 is 0 Å². The second-order valence-corrected chi connectivity index (χ2v) is 1.92. The molecule has 1 aliphatic heterocycles. The molecule has 1 heterocycles. The van der Waals surface area contributed by atoms with Crippen LogP contribution in [0.1, 0.15) is 0 Å². The lowest BCUT2D eigenvalue weighted by atomic mass is 10.5. The van der Waals surface area contributed by atoms with Gasteiger partial charge < -0.3 is 9.64 Å². The number of hydrogen-bond acceptors (Lipinski definition) is 2. The van der Waals surface area contributed by atoms with E-state index in [1.165, 1.54) is 0 Å². The lowest BCUT2D eigenvalue weighted by molar-refractivity contribution is 0.0503. The minimum absolute atomic E-state index is 0. The van der Waals surface area contributed by atoms with Crippen LogP contribution in [0.25, 0.3) is 0 Å². The predicted octanol–water partition coefficient (Wildman–Crippen LogP) is 0.350. The van der Waals surface area contributed by atoms with Crippen LogP contribution in [0.3, 0.4) is 0 Å². The lowest BCUT2D eigenvalue weighted by Crippen LogP contribution is -2.32. The molecule has 2 nitrogen and oxygen atoms in total. The summed E-state index contributed by atoms with van der Waals surface area (Å²) in [4.78, 5) is 2.27. The lowest BCUT2D eigenvalue weighted by Gasteiger charge is -2.21. The first-order chi connectivity index (χ1) is 4.39. The van der Waals surface area contributed by atoms with E-state index in [0.29, 0.717) is 0 Å². The maximum Gasteiger partial charge on any atom is 0.0594 e. The summed E-state index contributed by atoms with van der Waals surface area (Å²) in [6, 6.07) is 0. The SMILES string of the molecule is C#C.CN1CCOCC1.F. The summed E-state index contributed by atoms with van der Waals surface area (Å²) in [6.07, 6.45) is 8.00. The molecule has 0 radical (unpaired) electrons. The van der Waals surface area contributed by atoms with Crippen molar-refractivity contribution in [3.8, 4) is 12.8 Å². The van der Waals surface area contributed by atoms with Crippen molar-refractivity contribution in [2.45, 2.75) is 0 Å². The number of morpholine rings is 1. The van der Waals surface area contributed by atoms with Crippen molar-refractivity contribution in [2.24, 2.45) is 0 Å². The molecule has 1 rings (SSSR count). The Bertz CT molecular complexity index is 78.9. The molecule has 0 saturated carbocycles. The van der Waals surface area contributed by atoms with Crippen molar-refractivity contribution < 1.29 is 9.44 Å². The summed E-state index contributed by atoms with van der Waals surface area (Å²) in [5.41, 5.74) is 0. The van der Waals surface area contributed by atoms with Crippen LogP contribution in [0.15, 0.2) is 0 Å². The number of halogens is 1. The van der Waals surface area contributed by atoms with Gasteiger partial charge in [-0.3, -0.25) is 4.70 Å². The third-order valence-electron chi connectivity index (χ3n) is 1.23. The van der Waals surface area contributed by atoms with Gasteiger partial charge in [0, 0.05) is 13.1 Å². The standard InChI is InChI=1S/C5H11NO.C2H2.FH/c1-6-2-4-7-5-3-6;1-2;/h2-5H2,1H3;1-2H;1H. The molecule has 0 spiro atoms. The Morgan fingerprint density at radius 2 is 1.60 bits per heavy atom. The normalized spacial score (nSPS) is 17.9. The molecule has 0 bridgehead atoms. The fourth-order valence-electron chi connectivity index (χ4n) is 0.655. The third-order valence-corrected chi connectivity index (χ3v) is 1.23. The van der Waals surface area contributed by atoms with Crippen molar-refractivity contribution in [3.63, 3.8) is 0 Å². The monoisotopic (exact) mass is 147 g/mol. The number of hydrogen-bond donors (Lipinski definition) is 0. The number of nitrogens with zero attached hydrogens (tertiary/aromatic N) is 1. The van der Waals surface area contributed by atoms with Gasteiger partial charge in [0.15, 0.2) is 0 Å². The molecule has 1 saturated heterocycles. The predicted molar refractivity (Wildman–Crippen MR) is 40.7 cm³/mol.